The Kier molecular flexibility index (Phi) is 6.33. The molecule has 34 heavy (non-hydrogen) atoms. The number of carbonyl (C=O) groups is 1. The van der Waals surface area contributed by atoms with Gasteiger partial charge in [0.15, 0.2) is 11.3 Å². The van der Waals surface area contributed by atoms with Crippen molar-refractivity contribution in [2.75, 3.05) is 18.0 Å². The Labute approximate surface area is 198 Å². The van der Waals surface area contributed by atoms with Crippen LogP contribution in [0.4, 0.5) is 16.2 Å². The zero-order valence-electron chi connectivity index (χ0n) is 20.0. The number of hydrogen-bond donors (Lipinski definition) is 1. The van der Waals surface area contributed by atoms with Gasteiger partial charge in [0.1, 0.15) is 11.1 Å². The number of carbonyl (C=O) groups excluding carboxylic acids is 1. The number of anilines is 1. The summed E-state index contributed by atoms with van der Waals surface area (Å²) >= 11 is 0. The van der Waals surface area contributed by atoms with Crippen LogP contribution in [-0.4, -0.2) is 44.9 Å². The van der Waals surface area contributed by atoms with E-state index in [-0.39, 0.29) is 18.3 Å². The van der Waals surface area contributed by atoms with Gasteiger partial charge in [0, 0.05) is 38.9 Å². The number of pyridine rings is 1. The number of rotatable bonds is 4. The molecule has 1 fully saturated rings. The predicted molar refractivity (Wildman–Crippen MR) is 131 cm³/mol. The Morgan fingerprint density at radius 1 is 1.29 bits per heavy atom. The van der Waals surface area contributed by atoms with Crippen LogP contribution in [0.1, 0.15) is 39.2 Å². The molecule has 1 N–H and O–H groups in total. The first kappa shape index (κ1) is 23.4. The molecule has 3 heterocycles. The van der Waals surface area contributed by atoms with Crippen LogP contribution in [0.3, 0.4) is 0 Å². The fourth-order valence-corrected chi connectivity index (χ4v) is 4.42. The third-order valence-corrected chi connectivity index (χ3v) is 5.91. The van der Waals surface area contributed by atoms with Crippen molar-refractivity contribution in [1.82, 2.24) is 19.4 Å². The van der Waals surface area contributed by atoms with Crippen LogP contribution >= 0.6 is 0 Å². The summed E-state index contributed by atoms with van der Waals surface area (Å²) in [6, 6.07) is 9.16. The fourth-order valence-electron chi connectivity index (χ4n) is 4.42. The van der Waals surface area contributed by atoms with Gasteiger partial charge < -0.3 is 15.0 Å². The lowest BCUT2D eigenvalue weighted by molar-refractivity contribution is 0.0500. The molecule has 3 aromatic rings. The van der Waals surface area contributed by atoms with E-state index in [0.29, 0.717) is 17.9 Å². The van der Waals surface area contributed by atoms with Crippen LogP contribution in [-0.2, 0) is 18.3 Å². The molecule has 0 unspecified atom stereocenters. The Hall–Kier alpha value is -3.80. The van der Waals surface area contributed by atoms with E-state index in [0.717, 1.165) is 36.2 Å². The molecule has 1 saturated heterocycles. The minimum absolute atomic E-state index is 0.0708. The molecule has 9 heteroatoms. The second-order valence-corrected chi connectivity index (χ2v) is 9.60. The van der Waals surface area contributed by atoms with E-state index in [1.165, 1.54) is 0 Å². The average molecular weight is 463 g/mol. The van der Waals surface area contributed by atoms with Gasteiger partial charge in [-0.15, -0.1) is 0 Å². The molecule has 0 radical (unpaired) electrons. The molecular formula is C25H30N6O3. The molecular weight excluding hydrogens is 432 g/mol. The summed E-state index contributed by atoms with van der Waals surface area (Å²) in [4.78, 5) is 35.8. The summed E-state index contributed by atoms with van der Waals surface area (Å²) in [5.41, 5.74) is 2.77. The maximum atomic E-state index is 13.2. The zero-order chi connectivity index (χ0) is 24.5. The largest absolute Gasteiger partial charge is 0.444 e. The maximum Gasteiger partial charge on any atom is 0.407 e. The van der Waals surface area contributed by atoms with Gasteiger partial charge in [-0.25, -0.2) is 19.4 Å². The van der Waals surface area contributed by atoms with Crippen molar-refractivity contribution in [3.05, 3.63) is 64.0 Å². The van der Waals surface area contributed by atoms with Crippen molar-refractivity contribution in [1.29, 1.82) is 0 Å². The summed E-state index contributed by atoms with van der Waals surface area (Å²) in [6.07, 6.45) is 3.03. The molecule has 0 saturated carbocycles. The van der Waals surface area contributed by atoms with E-state index in [9.17, 15) is 9.59 Å². The van der Waals surface area contributed by atoms with E-state index in [1.54, 1.807) is 28.4 Å². The number of piperidine rings is 1. The summed E-state index contributed by atoms with van der Waals surface area (Å²) in [6.45, 7) is 14.7. The van der Waals surface area contributed by atoms with E-state index in [4.69, 9.17) is 11.3 Å². The van der Waals surface area contributed by atoms with Crippen LogP contribution in [0.2, 0.25) is 0 Å². The monoisotopic (exact) mass is 462 g/mol. The van der Waals surface area contributed by atoms with Crippen molar-refractivity contribution in [3.63, 3.8) is 0 Å². The molecule has 1 aliphatic rings. The topological polar surface area (TPSA) is 85.8 Å². The Morgan fingerprint density at radius 3 is 2.79 bits per heavy atom. The highest BCUT2D eigenvalue weighted by atomic mass is 16.6. The molecule has 0 spiro atoms. The molecule has 1 atom stereocenters. The minimum Gasteiger partial charge on any atom is -0.444 e. The van der Waals surface area contributed by atoms with E-state index >= 15 is 0 Å². The molecule has 1 aliphatic heterocycles. The smallest absolute Gasteiger partial charge is 0.407 e. The van der Waals surface area contributed by atoms with E-state index in [1.807, 2.05) is 45.0 Å². The second-order valence-electron chi connectivity index (χ2n) is 9.60. The van der Waals surface area contributed by atoms with E-state index in [2.05, 4.69) is 20.0 Å². The average Bonchev–Trinajstić information content (AvgIpc) is 3.03. The van der Waals surface area contributed by atoms with Gasteiger partial charge in [-0.05, 0) is 45.2 Å². The van der Waals surface area contributed by atoms with Crippen molar-refractivity contribution in [2.24, 2.45) is 7.05 Å². The predicted octanol–water partition coefficient (Wildman–Crippen LogP) is 3.83. The van der Waals surface area contributed by atoms with Gasteiger partial charge in [-0.1, -0.05) is 24.3 Å². The molecule has 2 aromatic heterocycles. The number of nitrogens with one attached hydrogen (secondary N) is 1. The number of fused-ring (bicyclic) bond motifs is 1. The third kappa shape index (κ3) is 4.76. The number of imidazole rings is 1. The number of para-hydroxylation sites is 1. The number of alkyl carbamates (subject to hydrolysis) is 1. The van der Waals surface area contributed by atoms with Crippen molar-refractivity contribution < 1.29 is 9.53 Å². The Balaban J connectivity index is 1.68. The number of benzene rings is 1. The van der Waals surface area contributed by atoms with Crippen LogP contribution in [0, 0.1) is 6.57 Å². The van der Waals surface area contributed by atoms with Gasteiger partial charge >= 0.3 is 11.8 Å². The van der Waals surface area contributed by atoms with Gasteiger partial charge in [-0.3, -0.25) is 9.13 Å². The quantitative estimate of drug-likeness (QED) is 0.596. The minimum atomic E-state index is -0.558. The highest BCUT2D eigenvalue weighted by Gasteiger charge is 2.27. The third-order valence-electron chi connectivity index (χ3n) is 5.91. The lowest BCUT2D eigenvalue weighted by atomic mass is 10.0. The number of aryl methyl sites for hydroxylation is 1. The lowest BCUT2D eigenvalue weighted by Gasteiger charge is -2.35. The van der Waals surface area contributed by atoms with Gasteiger partial charge in [0.05, 0.1) is 12.3 Å². The molecule has 0 bridgehead atoms. The SMILES string of the molecule is [C-]#[N+]c1ccccc1Cn1c(=O)n(C)c2nccc(N3CCC[C@@H](NC(=O)OC(C)(C)C)C3)c21. The summed E-state index contributed by atoms with van der Waals surface area (Å²) < 4.78 is 8.65. The Morgan fingerprint density at radius 2 is 2.06 bits per heavy atom. The van der Waals surface area contributed by atoms with Crippen LogP contribution in [0.5, 0.6) is 0 Å². The first-order valence-electron chi connectivity index (χ1n) is 11.4. The number of hydrogen-bond acceptors (Lipinski definition) is 5. The standard InChI is InChI=1S/C25H30N6O3/c1-25(2,3)34-23(32)28-18-10-8-14-30(16-18)20-12-13-27-22-21(20)31(24(33)29(22)5)15-17-9-6-7-11-19(17)26-4/h6-7,9,11-13,18H,8,10,14-16H2,1-3,5H3,(H,28,32)/t18-/m1/s1. The van der Waals surface area contributed by atoms with Gasteiger partial charge in [0.2, 0.25) is 0 Å². The summed E-state index contributed by atoms with van der Waals surface area (Å²) in [7, 11) is 1.71. The molecule has 4 rings (SSSR count). The maximum absolute atomic E-state index is 13.2. The van der Waals surface area contributed by atoms with Crippen LogP contribution in [0.25, 0.3) is 16.0 Å². The first-order valence-corrected chi connectivity index (χ1v) is 11.4. The molecule has 178 valence electrons. The number of amides is 1. The normalized spacial score (nSPS) is 16.3. The van der Waals surface area contributed by atoms with Crippen LogP contribution in [0.15, 0.2) is 41.3 Å². The van der Waals surface area contributed by atoms with Crippen molar-refractivity contribution in [3.8, 4) is 0 Å². The number of nitrogens with zero attached hydrogens (tertiary/aromatic N) is 5. The number of ether oxygens (including phenoxy) is 1. The molecule has 1 aromatic carbocycles. The van der Waals surface area contributed by atoms with Crippen molar-refractivity contribution in [2.45, 2.75) is 51.8 Å². The highest BCUT2D eigenvalue weighted by molar-refractivity contribution is 5.87. The lowest BCUT2D eigenvalue weighted by Crippen LogP contribution is -2.49. The van der Waals surface area contributed by atoms with Gasteiger partial charge in [-0.2, -0.15) is 0 Å². The van der Waals surface area contributed by atoms with Crippen molar-refractivity contribution >= 4 is 28.6 Å². The summed E-state index contributed by atoms with van der Waals surface area (Å²) in [5, 5.41) is 2.98. The fraction of sp³-hybridized carbons (Fsp3) is 0.440. The second kappa shape index (κ2) is 9.21. The van der Waals surface area contributed by atoms with Gasteiger partial charge in [0.25, 0.3) is 0 Å². The molecule has 1 amide bonds. The van der Waals surface area contributed by atoms with Crippen LogP contribution < -0.4 is 15.9 Å². The van der Waals surface area contributed by atoms with E-state index < -0.39 is 11.7 Å². The first-order chi connectivity index (χ1) is 16.2. The molecule has 0 aliphatic carbocycles. The highest BCUT2D eigenvalue weighted by Crippen LogP contribution is 2.29. The summed E-state index contributed by atoms with van der Waals surface area (Å²) in [5.74, 6) is 0. The number of aromatic nitrogens is 3. The Bertz CT molecular complexity index is 1310. The zero-order valence-corrected chi connectivity index (χ0v) is 20.0. The molecule has 9 nitrogen and oxygen atoms in total.